The van der Waals surface area contributed by atoms with Crippen molar-refractivity contribution in [1.29, 1.82) is 0 Å². The van der Waals surface area contributed by atoms with Crippen LogP contribution in [0.5, 0.6) is 0 Å². The molecular formula is C16H14O. The predicted molar refractivity (Wildman–Crippen MR) is 70.8 cm³/mol. The van der Waals surface area contributed by atoms with Crippen LogP contribution < -0.4 is 0 Å². The van der Waals surface area contributed by atoms with Crippen molar-refractivity contribution in [3.63, 3.8) is 0 Å². The van der Waals surface area contributed by atoms with E-state index in [1.807, 2.05) is 42.5 Å². The van der Waals surface area contributed by atoms with Gasteiger partial charge in [0.1, 0.15) is 6.29 Å². The third kappa shape index (κ3) is 2.70. The van der Waals surface area contributed by atoms with Gasteiger partial charge in [-0.3, -0.25) is 4.79 Å². The summed E-state index contributed by atoms with van der Waals surface area (Å²) in [5, 5.41) is 0. The van der Waals surface area contributed by atoms with E-state index in [4.69, 9.17) is 0 Å². The van der Waals surface area contributed by atoms with Crippen molar-refractivity contribution in [3.05, 3.63) is 77.4 Å². The van der Waals surface area contributed by atoms with Gasteiger partial charge in [-0.05, 0) is 29.7 Å². The zero-order chi connectivity index (χ0) is 12.1. The van der Waals surface area contributed by atoms with Crippen molar-refractivity contribution in [1.82, 2.24) is 0 Å². The molecule has 1 nitrogen and oxygen atoms in total. The van der Waals surface area contributed by atoms with Gasteiger partial charge in [-0.1, -0.05) is 60.2 Å². The molecule has 0 bridgehead atoms. The van der Waals surface area contributed by atoms with Gasteiger partial charge in [0, 0.05) is 0 Å². The molecule has 0 aliphatic heterocycles. The monoisotopic (exact) mass is 222 g/mol. The van der Waals surface area contributed by atoms with Crippen LogP contribution in [0, 0.1) is 6.92 Å². The van der Waals surface area contributed by atoms with Crippen LogP contribution in [0.2, 0.25) is 0 Å². The van der Waals surface area contributed by atoms with Gasteiger partial charge in [0.25, 0.3) is 0 Å². The summed E-state index contributed by atoms with van der Waals surface area (Å²) in [6.45, 7) is 2.05. The standard InChI is InChI=1S/C16H14O/c1-13-7-9-15(10-8-13)16(11-12-17)14-5-3-2-4-6-14/h2-12H,1H3. The second-order valence-corrected chi connectivity index (χ2v) is 3.95. The minimum absolute atomic E-state index is 0.836. The second-order valence-electron chi connectivity index (χ2n) is 3.95. The van der Waals surface area contributed by atoms with E-state index in [9.17, 15) is 4.79 Å². The Morgan fingerprint density at radius 1 is 0.882 bits per heavy atom. The average molecular weight is 222 g/mol. The van der Waals surface area contributed by atoms with Crippen LogP contribution in [0.1, 0.15) is 16.7 Å². The highest BCUT2D eigenvalue weighted by molar-refractivity contribution is 5.89. The molecule has 0 N–H and O–H groups in total. The SMILES string of the molecule is Cc1ccc(C(=CC=O)c2ccccc2)cc1. The average Bonchev–Trinajstić information content (AvgIpc) is 2.38. The lowest BCUT2D eigenvalue weighted by atomic mass is 9.97. The normalized spacial score (nSPS) is 11.2. The molecule has 0 atom stereocenters. The van der Waals surface area contributed by atoms with Crippen molar-refractivity contribution < 1.29 is 4.79 Å². The Kier molecular flexibility index (Phi) is 3.51. The summed E-state index contributed by atoms with van der Waals surface area (Å²) in [4.78, 5) is 10.8. The van der Waals surface area contributed by atoms with Crippen molar-refractivity contribution in [2.45, 2.75) is 6.92 Å². The van der Waals surface area contributed by atoms with Crippen molar-refractivity contribution >= 4 is 11.9 Å². The Morgan fingerprint density at radius 3 is 2.06 bits per heavy atom. The van der Waals surface area contributed by atoms with Gasteiger partial charge in [-0.2, -0.15) is 0 Å². The summed E-state index contributed by atoms with van der Waals surface area (Å²) in [5.74, 6) is 0. The van der Waals surface area contributed by atoms with Crippen molar-refractivity contribution in [2.75, 3.05) is 0 Å². The number of allylic oxidation sites excluding steroid dienone is 1. The molecule has 0 aliphatic rings. The number of aldehydes is 1. The molecular weight excluding hydrogens is 208 g/mol. The number of aryl methyl sites for hydroxylation is 1. The number of rotatable bonds is 3. The summed E-state index contributed by atoms with van der Waals surface area (Å²) in [6.07, 6.45) is 2.45. The molecule has 0 saturated carbocycles. The van der Waals surface area contributed by atoms with Crippen molar-refractivity contribution in [3.8, 4) is 0 Å². The highest BCUT2D eigenvalue weighted by Crippen LogP contribution is 2.22. The minimum Gasteiger partial charge on any atom is -0.299 e. The molecule has 0 aromatic heterocycles. The molecule has 0 spiro atoms. The maximum absolute atomic E-state index is 10.8. The highest BCUT2D eigenvalue weighted by Gasteiger charge is 2.03. The predicted octanol–water partition coefficient (Wildman–Crippen LogP) is 3.63. The maximum atomic E-state index is 10.8. The summed E-state index contributed by atoms with van der Waals surface area (Å²) < 4.78 is 0. The number of hydrogen-bond acceptors (Lipinski definition) is 1. The van der Waals surface area contributed by atoms with Crippen molar-refractivity contribution in [2.24, 2.45) is 0 Å². The lowest BCUT2D eigenvalue weighted by Gasteiger charge is -2.07. The van der Waals surface area contributed by atoms with Gasteiger partial charge in [-0.15, -0.1) is 0 Å². The quantitative estimate of drug-likeness (QED) is 0.572. The third-order valence-electron chi connectivity index (χ3n) is 2.68. The molecule has 0 heterocycles. The smallest absolute Gasteiger partial charge is 0.143 e. The third-order valence-corrected chi connectivity index (χ3v) is 2.68. The lowest BCUT2D eigenvalue weighted by Crippen LogP contribution is -1.88. The molecule has 17 heavy (non-hydrogen) atoms. The van der Waals surface area contributed by atoms with E-state index in [-0.39, 0.29) is 0 Å². The van der Waals surface area contributed by atoms with Gasteiger partial charge < -0.3 is 0 Å². The Morgan fingerprint density at radius 2 is 1.47 bits per heavy atom. The molecule has 0 radical (unpaired) electrons. The van der Waals surface area contributed by atoms with E-state index in [0.29, 0.717) is 0 Å². The van der Waals surface area contributed by atoms with Gasteiger partial charge in [-0.25, -0.2) is 0 Å². The minimum atomic E-state index is 0.836. The molecule has 0 aliphatic carbocycles. The topological polar surface area (TPSA) is 17.1 Å². The van der Waals surface area contributed by atoms with Gasteiger partial charge in [0.05, 0.1) is 0 Å². The molecule has 0 amide bonds. The summed E-state index contributed by atoms with van der Waals surface area (Å²) in [7, 11) is 0. The summed E-state index contributed by atoms with van der Waals surface area (Å²) in [6, 6.07) is 18.1. The first-order chi connectivity index (χ1) is 8.31. The molecule has 0 unspecified atom stereocenters. The highest BCUT2D eigenvalue weighted by atomic mass is 16.1. The first-order valence-corrected chi connectivity index (χ1v) is 5.59. The van der Waals surface area contributed by atoms with E-state index >= 15 is 0 Å². The summed E-state index contributed by atoms with van der Waals surface area (Å²) in [5.41, 5.74) is 4.30. The summed E-state index contributed by atoms with van der Waals surface area (Å²) >= 11 is 0. The number of hydrogen-bond donors (Lipinski definition) is 0. The zero-order valence-electron chi connectivity index (χ0n) is 9.76. The first kappa shape index (κ1) is 11.3. The van der Waals surface area contributed by atoms with E-state index < -0.39 is 0 Å². The van der Waals surface area contributed by atoms with Gasteiger partial charge in [0.15, 0.2) is 0 Å². The maximum Gasteiger partial charge on any atom is 0.143 e. The molecule has 84 valence electrons. The Hall–Kier alpha value is -2.15. The zero-order valence-corrected chi connectivity index (χ0v) is 9.76. The van der Waals surface area contributed by atoms with Crippen LogP contribution in [0.4, 0.5) is 0 Å². The Bertz CT molecular complexity index is 521. The van der Waals surface area contributed by atoms with Crippen LogP contribution in [-0.4, -0.2) is 6.29 Å². The van der Waals surface area contributed by atoms with Crippen LogP contribution in [0.25, 0.3) is 5.57 Å². The molecule has 0 saturated heterocycles. The second kappa shape index (κ2) is 5.26. The fourth-order valence-electron chi connectivity index (χ4n) is 1.78. The Labute approximate surface area is 101 Å². The van der Waals surface area contributed by atoms with E-state index in [2.05, 4.69) is 19.1 Å². The Balaban J connectivity index is 2.47. The number of carbonyl (C=O) groups excluding carboxylic acids is 1. The molecule has 1 heteroatoms. The lowest BCUT2D eigenvalue weighted by molar-refractivity contribution is -0.104. The van der Waals surface area contributed by atoms with Crippen LogP contribution in [0.15, 0.2) is 60.7 Å². The fourth-order valence-corrected chi connectivity index (χ4v) is 1.78. The van der Waals surface area contributed by atoms with E-state index in [0.717, 1.165) is 23.0 Å². The van der Waals surface area contributed by atoms with E-state index in [1.165, 1.54) is 5.56 Å². The number of benzene rings is 2. The molecule has 2 aromatic rings. The largest absolute Gasteiger partial charge is 0.299 e. The van der Waals surface area contributed by atoms with Crippen LogP contribution >= 0.6 is 0 Å². The van der Waals surface area contributed by atoms with Crippen LogP contribution in [-0.2, 0) is 4.79 Å². The van der Waals surface area contributed by atoms with Crippen LogP contribution in [0.3, 0.4) is 0 Å². The molecule has 2 aromatic carbocycles. The fraction of sp³-hybridized carbons (Fsp3) is 0.0625. The molecule has 0 fully saturated rings. The molecule has 2 rings (SSSR count). The van der Waals surface area contributed by atoms with Gasteiger partial charge in [0.2, 0.25) is 0 Å². The number of carbonyl (C=O) groups is 1. The first-order valence-electron chi connectivity index (χ1n) is 5.59. The van der Waals surface area contributed by atoms with Gasteiger partial charge >= 0.3 is 0 Å². The van der Waals surface area contributed by atoms with E-state index in [1.54, 1.807) is 6.08 Å².